The van der Waals surface area contributed by atoms with Crippen molar-refractivity contribution < 1.29 is 5.11 Å². The molecule has 0 saturated carbocycles. The third-order valence-electron chi connectivity index (χ3n) is 0.770. The third-order valence-corrected chi connectivity index (χ3v) is 0.770. The quantitative estimate of drug-likeness (QED) is 0.470. The molecule has 0 aromatic rings. The van der Waals surface area contributed by atoms with Crippen molar-refractivity contribution in [2.45, 2.75) is 6.04 Å². The summed E-state index contributed by atoms with van der Waals surface area (Å²) in [5.41, 5.74) is 0. The lowest BCUT2D eigenvalue weighted by Gasteiger charge is -1.90. The van der Waals surface area contributed by atoms with Gasteiger partial charge in [-0.2, -0.15) is 0 Å². The van der Waals surface area contributed by atoms with E-state index in [9.17, 15) is 0 Å². The Labute approximate surface area is 41.4 Å². The highest BCUT2D eigenvalue weighted by atomic mass is 16.3. The molecule has 3 heteroatoms. The van der Waals surface area contributed by atoms with Crippen molar-refractivity contribution in [2.75, 3.05) is 6.61 Å². The van der Waals surface area contributed by atoms with E-state index in [0.29, 0.717) is 0 Å². The Morgan fingerprint density at radius 3 is 2.86 bits per heavy atom. The molecule has 1 heterocycles. The van der Waals surface area contributed by atoms with E-state index >= 15 is 0 Å². The summed E-state index contributed by atoms with van der Waals surface area (Å²) in [6.45, 7) is 0.0694. The molecular formula is C4H6N2O. The molecule has 1 rings (SSSR count). The number of hydrogen-bond donors (Lipinski definition) is 1. The zero-order valence-corrected chi connectivity index (χ0v) is 3.78. The molecular weight excluding hydrogens is 92.1 g/mol. The second-order valence-corrected chi connectivity index (χ2v) is 1.31. The van der Waals surface area contributed by atoms with E-state index < -0.39 is 0 Å². The van der Waals surface area contributed by atoms with Gasteiger partial charge in [-0.3, -0.25) is 4.99 Å². The fourth-order valence-corrected chi connectivity index (χ4v) is 0.395. The smallest absolute Gasteiger partial charge is 0.110 e. The van der Waals surface area contributed by atoms with Gasteiger partial charge in [0.25, 0.3) is 0 Å². The minimum absolute atomic E-state index is 0.0694. The summed E-state index contributed by atoms with van der Waals surface area (Å²) in [5, 5.41) is 8.36. The average Bonchev–Trinajstić information content (AvgIpc) is 2.14. The van der Waals surface area contributed by atoms with Crippen LogP contribution in [0.4, 0.5) is 0 Å². The number of hydrogen-bond acceptors (Lipinski definition) is 3. The number of nitrogens with zero attached hydrogens (tertiary/aromatic N) is 2. The fourth-order valence-electron chi connectivity index (χ4n) is 0.395. The maximum Gasteiger partial charge on any atom is 0.110 e. The molecule has 0 aromatic heterocycles. The molecule has 1 aliphatic heterocycles. The van der Waals surface area contributed by atoms with Crippen molar-refractivity contribution in [3.8, 4) is 0 Å². The molecule has 0 saturated heterocycles. The first kappa shape index (κ1) is 4.46. The first-order chi connectivity index (χ1) is 3.43. The summed E-state index contributed by atoms with van der Waals surface area (Å²) in [6.07, 6.45) is 3.06. The lowest BCUT2D eigenvalue weighted by atomic mass is 10.4. The van der Waals surface area contributed by atoms with E-state index in [1.165, 1.54) is 6.34 Å². The Hall–Kier alpha value is -0.700. The Kier molecular flexibility index (Phi) is 1.17. The monoisotopic (exact) mass is 98.0 g/mol. The predicted molar refractivity (Wildman–Crippen MR) is 27.9 cm³/mol. The van der Waals surface area contributed by atoms with Crippen molar-refractivity contribution in [3.63, 3.8) is 0 Å². The minimum atomic E-state index is -0.0694. The van der Waals surface area contributed by atoms with Crippen LogP contribution in [0, 0.1) is 0 Å². The molecule has 0 amide bonds. The Morgan fingerprint density at radius 1 is 1.71 bits per heavy atom. The van der Waals surface area contributed by atoms with E-state index in [0.717, 1.165) is 0 Å². The van der Waals surface area contributed by atoms with E-state index in [4.69, 9.17) is 5.11 Å². The molecule has 7 heavy (non-hydrogen) atoms. The summed E-state index contributed by atoms with van der Waals surface area (Å²) in [5.74, 6) is 0. The first-order valence-electron chi connectivity index (χ1n) is 2.09. The highest BCUT2D eigenvalue weighted by molar-refractivity contribution is 5.82. The molecule has 0 radical (unpaired) electrons. The summed E-state index contributed by atoms with van der Waals surface area (Å²) < 4.78 is 0. The molecule has 1 aliphatic rings. The van der Waals surface area contributed by atoms with Crippen LogP contribution in [0.25, 0.3) is 0 Å². The highest BCUT2D eigenvalue weighted by Gasteiger charge is 2.00. The van der Waals surface area contributed by atoms with Gasteiger partial charge >= 0.3 is 0 Å². The third kappa shape index (κ3) is 0.838. The van der Waals surface area contributed by atoms with Gasteiger partial charge in [0, 0.05) is 6.21 Å². The van der Waals surface area contributed by atoms with Gasteiger partial charge < -0.3 is 5.11 Å². The number of rotatable bonds is 1. The van der Waals surface area contributed by atoms with Crippen LogP contribution in [0.1, 0.15) is 0 Å². The largest absolute Gasteiger partial charge is 0.394 e. The minimum Gasteiger partial charge on any atom is -0.394 e. The molecule has 0 aromatic carbocycles. The number of aliphatic imine (C=N–C) groups is 2. The maximum absolute atomic E-state index is 8.36. The normalized spacial score (nSPS) is 26.7. The maximum atomic E-state index is 8.36. The van der Waals surface area contributed by atoms with Crippen LogP contribution >= 0.6 is 0 Å². The zero-order chi connectivity index (χ0) is 5.11. The van der Waals surface area contributed by atoms with Crippen LogP contribution in [0.2, 0.25) is 0 Å². The van der Waals surface area contributed by atoms with Gasteiger partial charge in [-0.25, -0.2) is 4.99 Å². The molecule has 1 atom stereocenters. The Balaban J connectivity index is 2.44. The van der Waals surface area contributed by atoms with Crippen LogP contribution in [0.5, 0.6) is 0 Å². The van der Waals surface area contributed by atoms with Gasteiger partial charge in [0.05, 0.1) is 6.61 Å². The lowest BCUT2D eigenvalue weighted by molar-refractivity contribution is 0.293. The van der Waals surface area contributed by atoms with Crippen molar-refractivity contribution >= 4 is 12.6 Å². The number of aliphatic hydroxyl groups excluding tert-OH is 1. The standard InChI is InChI=1S/C4H6N2O/c7-2-4-1-5-3-6-4/h1,3-4,7H,2H2/t4-/m0/s1. The zero-order valence-electron chi connectivity index (χ0n) is 3.78. The molecule has 0 bridgehead atoms. The fraction of sp³-hybridized carbons (Fsp3) is 0.500. The van der Waals surface area contributed by atoms with E-state index in [1.807, 2.05) is 0 Å². The summed E-state index contributed by atoms with van der Waals surface area (Å²) >= 11 is 0. The summed E-state index contributed by atoms with van der Waals surface area (Å²) in [4.78, 5) is 7.42. The topological polar surface area (TPSA) is 45.0 Å². The second kappa shape index (κ2) is 1.84. The van der Waals surface area contributed by atoms with Gasteiger partial charge in [-0.1, -0.05) is 0 Å². The van der Waals surface area contributed by atoms with Gasteiger partial charge in [0.15, 0.2) is 0 Å². The van der Waals surface area contributed by atoms with Gasteiger partial charge in [-0.15, -0.1) is 0 Å². The Bertz CT molecular complexity index is 96.3. The molecule has 38 valence electrons. The van der Waals surface area contributed by atoms with Crippen LogP contribution < -0.4 is 0 Å². The first-order valence-corrected chi connectivity index (χ1v) is 2.09. The van der Waals surface area contributed by atoms with E-state index in [-0.39, 0.29) is 12.6 Å². The molecule has 3 nitrogen and oxygen atoms in total. The van der Waals surface area contributed by atoms with Gasteiger partial charge in [0.2, 0.25) is 0 Å². The average molecular weight is 98.1 g/mol. The summed E-state index contributed by atoms with van der Waals surface area (Å²) in [6, 6.07) is -0.0694. The molecule has 0 unspecified atom stereocenters. The van der Waals surface area contributed by atoms with Crippen molar-refractivity contribution in [3.05, 3.63) is 0 Å². The Morgan fingerprint density at radius 2 is 2.57 bits per heavy atom. The SMILES string of the molecule is OC[C@@H]1C=NC=N1. The molecule has 0 spiro atoms. The summed E-state index contributed by atoms with van der Waals surface area (Å²) in [7, 11) is 0. The molecule has 1 N–H and O–H groups in total. The van der Waals surface area contributed by atoms with Gasteiger partial charge in [0.1, 0.15) is 12.4 Å². The molecule has 0 aliphatic carbocycles. The van der Waals surface area contributed by atoms with Gasteiger partial charge in [-0.05, 0) is 0 Å². The highest BCUT2D eigenvalue weighted by Crippen LogP contribution is 1.88. The van der Waals surface area contributed by atoms with E-state index in [1.54, 1.807) is 6.21 Å². The van der Waals surface area contributed by atoms with Crippen molar-refractivity contribution in [2.24, 2.45) is 9.98 Å². The molecule has 0 fully saturated rings. The van der Waals surface area contributed by atoms with Crippen molar-refractivity contribution in [1.82, 2.24) is 0 Å². The van der Waals surface area contributed by atoms with E-state index in [2.05, 4.69) is 9.98 Å². The predicted octanol–water partition coefficient (Wildman–Crippen LogP) is -0.540. The number of aliphatic hydroxyl groups is 1. The lowest BCUT2D eigenvalue weighted by Crippen LogP contribution is -2.07. The second-order valence-electron chi connectivity index (χ2n) is 1.31. The van der Waals surface area contributed by atoms with Crippen LogP contribution in [0.15, 0.2) is 9.98 Å². The van der Waals surface area contributed by atoms with Crippen LogP contribution in [-0.4, -0.2) is 30.3 Å². The van der Waals surface area contributed by atoms with Crippen molar-refractivity contribution in [1.29, 1.82) is 0 Å². The van der Waals surface area contributed by atoms with Crippen LogP contribution in [-0.2, 0) is 0 Å². The van der Waals surface area contributed by atoms with Crippen LogP contribution in [0.3, 0.4) is 0 Å².